The van der Waals surface area contributed by atoms with E-state index in [0.717, 1.165) is 18.4 Å². The van der Waals surface area contributed by atoms with Gasteiger partial charge in [-0.25, -0.2) is 0 Å². The Morgan fingerprint density at radius 3 is 2.26 bits per heavy atom. The smallest absolute Gasteiger partial charge is 0.124 e. The van der Waals surface area contributed by atoms with Gasteiger partial charge in [-0.1, -0.05) is 82.2 Å². The summed E-state index contributed by atoms with van der Waals surface area (Å²) in [6.45, 7) is 2.24. The molecule has 1 aromatic rings. The van der Waals surface area contributed by atoms with Crippen LogP contribution in [0.1, 0.15) is 70.0 Å². The average molecular weight is 262 g/mol. The molecule has 1 aromatic carbocycles. The molecule has 0 N–H and O–H groups in total. The Morgan fingerprint density at radius 2 is 1.63 bits per heavy atom. The molecule has 0 fully saturated rings. The van der Waals surface area contributed by atoms with Crippen molar-refractivity contribution in [3.63, 3.8) is 0 Å². The molecule has 1 rings (SSSR count). The van der Waals surface area contributed by atoms with Gasteiger partial charge >= 0.3 is 0 Å². The Kier molecular flexibility index (Phi) is 9.38. The van der Waals surface area contributed by atoms with Crippen LogP contribution in [0.2, 0.25) is 0 Å². The molecule has 2 radical (unpaired) electrons. The van der Waals surface area contributed by atoms with Crippen molar-refractivity contribution >= 4 is 0 Å². The highest BCUT2D eigenvalue weighted by Gasteiger charge is 2.11. The zero-order chi connectivity index (χ0) is 13.8. The van der Waals surface area contributed by atoms with E-state index in [2.05, 4.69) is 11.8 Å². The summed E-state index contributed by atoms with van der Waals surface area (Å²) in [6, 6.07) is 9.68. The zero-order valence-electron chi connectivity index (χ0n) is 12.0. The van der Waals surface area contributed by atoms with E-state index in [0.29, 0.717) is 0 Å². The first-order valence-corrected chi connectivity index (χ1v) is 7.55. The van der Waals surface area contributed by atoms with E-state index in [9.17, 15) is 5.26 Å². The van der Waals surface area contributed by atoms with Crippen LogP contribution in [0.5, 0.6) is 0 Å². The Bertz CT molecular complexity index is 297. The Hall–Kier alpha value is -0.860. The molecule has 0 aliphatic carbocycles. The summed E-state index contributed by atoms with van der Waals surface area (Å²) >= 11 is 0. The minimum Gasteiger partial charge on any atom is -0.195 e. The molecule has 0 heterocycles. The summed E-state index contributed by atoms with van der Waals surface area (Å²) < 4.78 is 0. The molecule has 0 saturated carbocycles. The van der Waals surface area contributed by atoms with Gasteiger partial charge in [-0.05, 0) is 23.7 Å². The quantitative estimate of drug-likeness (QED) is 0.297. The lowest BCUT2D eigenvalue weighted by Gasteiger charge is -2.11. The topological polar surface area (TPSA) is 29.1 Å². The van der Waals surface area contributed by atoms with E-state index in [1.165, 1.54) is 38.5 Å². The molecule has 0 aromatic heterocycles. The molecule has 1 atom stereocenters. The highest BCUT2D eigenvalue weighted by atomic mass is 17.1. The van der Waals surface area contributed by atoms with Crippen LogP contribution in [0, 0.1) is 6.42 Å². The molecular weight excluding hydrogens is 236 g/mol. The van der Waals surface area contributed by atoms with Crippen LogP contribution in [0.3, 0.4) is 0 Å². The van der Waals surface area contributed by atoms with Crippen molar-refractivity contribution in [2.75, 3.05) is 0 Å². The van der Waals surface area contributed by atoms with Crippen molar-refractivity contribution in [3.05, 3.63) is 42.3 Å². The van der Waals surface area contributed by atoms with Gasteiger partial charge in [0.15, 0.2) is 0 Å². The van der Waals surface area contributed by atoms with Gasteiger partial charge in [-0.3, -0.25) is 0 Å². The molecule has 0 saturated heterocycles. The third-order valence-corrected chi connectivity index (χ3v) is 3.42. The first-order chi connectivity index (χ1) is 9.38. The highest BCUT2D eigenvalue weighted by molar-refractivity contribution is 5.19. The van der Waals surface area contributed by atoms with Crippen LogP contribution in [0.25, 0.3) is 0 Å². The lowest BCUT2D eigenvalue weighted by atomic mass is 10.0. The number of unbranched alkanes of at least 4 members (excludes halogenated alkanes) is 7. The van der Waals surface area contributed by atoms with Crippen molar-refractivity contribution in [2.24, 2.45) is 0 Å². The van der Waals surface area contributed by atoms with Gasteiger partial charge in [-0.2, -0.15) is 4.89 Å². The summed E-state index contributed by atoms with van der Waals surface area (Å²) in [6.07, 6.45) is 11.6. The van der Waals surface area contributed by atoms with Crippen LogP contribution >= 0.6 is 0 Å². The molecule has 106 valence electrons. The number of hydrogen-bond donors (Lipinski definition) is 0. The van der Waals surface area contributed by atoms with Crippen molar-refractivity contribution in [2.45, 2.75) is 64.4 Å². The monoisotopic (exact) mass is 262 g/mol. The maximum absolute atomic E-state index is 10.7. The van der Waals surface area contributed by atoms with Crippen molar-refractivity contribution in [1.82, 2.24) is 0 Å². The average Bonchev–Trinajstić information content (AvgIpc) is 2.47. The van der Waals surface area contributed by atoms with Gasteiger partial charge in [-0.15, -0.1) is 0 Å². The molecule has 19 heavy (non-hydrogen) atoms. The van der Waals surface area contributed by atoms with Crippen molar-refractivity contribution < 1.29 is 10.1 Å². The maximum Gasteiger partial charge on any atom is 0.124 e. The molecule has 0 aliphatic heterocycles. The first kappa shape index (κ1) is 16.2. The van der Waals surface area contributed by atoms with E-state index in [1.54, 1.807) is 0 Å². The molecule has 0 bridgehead atoms. The fourth-order valence-corrected chi connectivity index (χ4v) is 2.24. The predicted octanol–water partition coefficient (Wildman–Crippen LogP) is 5.43. The van der Waals surface area contributed by atoms with Crippen molar-refractivity contribution in [1.29, 1.82) is 0 Å². The summed E-state index contributed by atoms with van der Waals surface area (Å²) in [5.74, 6) is 0. The number of hydrogen-bond acceptors (Lipinski definition) is 1. The van der Waals surface area contributed by atoms with Gasteiger partial charge in [0.1, 0.15) is 6.10 Å². The highest BCUT2D eigenvalue weighted by Crippen LogP contribution is 2.22. The zero-order valence-corrected chi connectivity index (χ0v) is 12.0. The molecule has 2 nitrogen and oxygen atoms in total. The Balaban J connectivity index is 2.07. The standard InChI is InChI=1S/C17H26O2/c1-2-3-4-5-6-7-8-12-15-17(19-18)16-13-10-9-11-14-16/h9-11,13-15,17H,2-8,12H2,1H3. The van der Waals surface area contributed by atoms with Gasteiger partial charge in [0, 0.05) is 0 Å². The van der Waals surface area contributed by atoms with Crippen LogP contribution in [0.4, 0.5) is 0 Å². The predicted molar refractivity (Wildman–Crippen MR) is 77.9 cm³/mol. The van der Waals surface area contributed by atoms with Gasteiger partial charge < -0.3 is 0 Å². The normalized spacial score (nSPS) is 12.5. The van der Waals surface area contributed by atoms with Crippen LogP contribution in [-0.4, -0.2) is 0 Å². The molecule has 0 amide bonds. The molecule has 0 aliphatic rings. The second kappa shape index (κ2) is 11.0. The third kappa shape index (κ3) is 7.34. The fraction of sp³-hybridized carbons (Fsp3) is 0.588. The van der Waals surface area contributed by atoms with Crippen molar-refractivity contribution in [3.8, 4) is 0 Å². The van der Waals surface area contributed by atoms with Gasteiger partial charge in [0.2, 0.25) is 0 Å². The molecule has 0 spiro atoms. The second-order valence-electron chi connectivity index (χ2n) is 5.07. The minimum absolute atomic E-state index is 0.402. The lowest BCUT2D eigenvalue weighted by molar-refractivity contribution is -0.331. The summed E-state index contributed by atoms with van der Waals surface area (Å²) in [5.41, 5.74) is 0.945. The van der Waals surface area contributed by atoms with E-state index < -0.39 is 6.10 Å². The summed E-state index contributed by atoms with van der Waals surface area (Å²) in [4.78, 5) is 4.29. The fourth-order valence-electron chi connectivity index (χ4n) is 2.24. The maximum atomic E-state index is 10.7. The van der Waals surface area contributed by atoms with E-state index >= 15 is 0 Å². The van der Waals surface area contributed by atoms with Crippen LogP contribution < -0.4 is 0 Å². The Labute approximate surface area is 117 Å². The van der Waals surface area contributed by atoms with E-state index in [1.807, 2.05) is 36.8 Å². The first-order valence-electron chi connectivity index (χ1n) is 7.55. The molecular formula is C17H26O2. The van der Waals surface area contributed by atoms with Gasteiger partial charge in [0.25, 0.3) is 0 Å². The number of rotatable bonds is 11. The third-order valence-electron chi connectivity index (χ3n) is 3.42. The second-order valence-corrected chi connectivity index (χ2v) is 5.07. The largest absolute Gasteiger partial charge is 0.195 e. The lowest BCUT2D eigenvalue weighted by Crippen LogP contribution is -2.01. The Morgan fingerprint density at radius 1 is 1.00 bits per heavy atom. The SMILES string of the molecule is CCCCCCCCC[CH]C(O[O])c1ccccc1. The summed E-state index contributed by atoms with van der Waals surface area (Å²) in [5, 5.41) is 10.7. The number of benzene rings is 1. The van der Waals surface area contributed by atoms with Gasteiger partial charge in [0.05, 0.1) is 0 Å². The minimum atomic E-state index is -0.402. The van der Waals surface area contributed by atoms with Crippen LogP contribution in [0.15, 0.2) is 30.3 Å². The van der Waals surface area contributed by atoms with E-state index in [-0.39, 0.29) is 0 Å². The molecule has 1 unspecified atom stereocenters. The van der Waals surface area contributed by atoms with E-state index in [4.69, 9.17) is 0 Å². The van der Waals surface area contributed by atoms with Crippen LogP contribution in [-0.2, 0) is 10.1 Å². The molecule has 2 heteroatoms. The summed E-state index contributed by atoms with van der Waals surface area (Å²) in [7, 11) is 0.